The monoisotopic (exact) mass is 281 g/mol. The van der Waals surface area contributed by atoms with E-state index in [1.807, 2.05) is 0 Å². The van der Waals surface area contributed by atoms with E-state index in [4.69, 9.17) is 9.47 Å². The summed E-state index contributed by atoms with van der Waals surface area (Å²) in [5.74, 6) is 0.205. The fourth-order valence-corrected chi connectivity index (χ4v) is 1.86. The molecule has 1 aromatic carbocycles. The van der Waals surface area contributed by atoms with E-state index in [0.717, 1.165) is 13.0 Å². The Balaban J connectivity index is 2.53. The number of hydrogen-bond acceptors (Lipinski definition) is 5. The number of aromatic hydroxyl groups is 1. The van der Waals surface area contributed by atoms with Crippen molar-refractivity contribution in [3.05, 3.63) is 29.8 Å². The molecule has 0 saturated carbocycles. The van der Waals surface area contributed by atoms with E-state index in [9.17, 15) is 9.90 Å². The summed E-state index contributed by atoms with van der Waals surface area (Å²) in [6.07, 6.45) is 0.878. The quantitative estimate of drug-likeness (QED) is 0.521. The third kappa shape index (κ3) is 6.14. The molecule has 1 N–H and O–H groups in total. The predicted molar refractivity (Wildman–Crippen MR) is 77.2 cm³/mol. The normalized spacial score (nSPS) is 10.9. The second-order valence-corrected chi connectivity index (χ2v) is 4.59. The van der Waals surface area contributed by atoms with E-state index in [2.05, 4.69) is 4.90 Å². The van der Waals surface area contributed by atoms with Crippen LogP contribution < -0.4 is 0 Å². The average molecular weight is 281 g/mol. The van der Waals surface area contributed by atoms with Gasteiger partial charge in [-0.2, -0.15) is 0 Å². The number of rotatable bonds is 10. The van der Waals surface area contributed by atoms with Gasteiger partial charge in [0, 0.05) is 39.5 Å². The minimum Gasteiger partial charge on any atom is -0.508 e. The van der Waals surface area contributed by atoms with Gasteiger partial charge in [-0.05, 0) is 30.7 Å². The minimum atomic E-state index is 0.0403. The molecule has 0 bridgehead atoms. The highest BCUT2D eigenvalue weighted by atomic mass is 16.5. The summed E-state index contributed by atoms with van der Waals surface area (Å²) < 4.78 is 10.1. The van der Waals surface area contributed by atoms with Gasteiger partial charge in [-0.3, -0.25) is 9.69 Å². The van der Waals surface area contributed by atoms with Crippen LogP contribution in [0.25, 0.3) is 0 Å². The lowest BCUT2D eigenvalue weighted by Crippen LogP contribution is -2.34. The first-order valence-electron chi connectivity index (χ1n) is 6.70. The van der Waals surface area contributed by atoms with Crippen LogP contribution in [0.2, 0.25) is 0 Å². The number of ether oxygens (including phenoxy) is 2. The molecule has 0 aromatic heterocycles. The van der Waals surface area contributed by atoms with Gasteiger partial charge in [0.1, 0.15) is 5.75 Å². The second-order valence-electron chi connectivity index (χ2n) is 4.59. The molecule has 0 atom stereocenters. The highest BCUT2D eigenvalue weighted by Crippen LogP contribution is 2.10. The molecular formula is C15H23NO4. The van der Waals surface area contributed by atoms with Gasteiger partial charge in [-0.25, -0.2) is 0 Å². The van der Waals surface area contributed by atoms with Gasteiger partial charge in [-0.1, -0.05) is 0 Å². The summed E-state index contributed by atoms with van der Waals surface area (Å²) >= 11 is 0. The van der Waals surface area contributed by atoms with Crippen LogP contribution in [0.3, 0.4) is 0 Å². The third-order valence-electron chi connectivity index (χ3n) is 2.99. The Labute approximate surface area is 120 Å². The number of methoxy groups -OCH3 is 2. The number of nitrogens with zero attached hydrogens (tertiary/aromatic N) is 1. The Hall–Kier alpha value is -1.43. The van der Waals surface area contributed by atoms with Gasteiger partial charge in [0.05, 0.1) is 13.2 Å². The molecule has 0 spiro atoms. The summed E-state index contributed by atoms with van der Waals surface area (Å²) in [5, 5.41) is 9.23. The van der Waals surface area contributed by atoms with Crippen LogP contribution in [0.4, 0.5) is 0 Å². The van der Waals surface area contributed by atoms with Gasteiger partial charge in [-0.15, -0.1) is 0 Å². The molecule has 0 radical (unpaired) electrons. The number of ketones is 1. The maximum Gasteiger partial charge on any atom is 0.176 e. The van der Waals surface area contributed by atoms with Crippen LogP contribution in [0.15, 0.2) is 24.3 Å². The molecule has 0 fully saturated rings. The number of Topliss-reactive ketones (excluding diaryl/α,β-unsaturated/α-hetero) is 1. The zero-order valence-corrected chi connectivity index (χ0v) is 12.2. The van der Waals surface area contributed by atoms with Crippen LogP contribution in [-0.2, 0) is 9.47 Å². The highest BCUT2D eigenvalue weighted by Gasteiger charge is 2.12. The average Bonchev–Trinajstić information content (AvgIpc) is 2.45. The molecule has 5 heteroatoms. The topological polar surface area (TPSA) is 59.0 Å². The summed E-state index contributed by atoms with van der Waals surface area (Å²) in [7, 11) is 3.32. The zero-order chi connectivity index (χ0) is 14.8. The van der Waals surface area contributed by atoms with Gasteiger partial charge in [0.2, 0.25) is 0 Å². The lowest BCUT2D eigenvalue weighted by molar-refractivity contribution is 0.0878. The fraction of sp³-hybridized carbons (Fsp3) is 0.533. The fourth-order valence-electron chi connectivity index (χ4n) is 1.86. The van der Waals surface area contributed by atoms with Gasteiger partial charge >= 0.3 is 0 Å². The first-order chi connectivity index (χ1) is 9.67. The SMILES string of the molecule is COCCCN(CCOC)CC(=O)c1ccc(O)cc1. The van der Waals surface area contributed by atoms with Crippen LogP contribution >= 0.6 is 0 Å². The molecule has 0 heterocycles. The van der Waals surface area contributed by atoms with Gasteiger partial charge in [0.25, 0.3) is 0 Å². The van der Waals surface area contributed by atoms with E-state index >= 15 is 0 Å². The molecule has 1 rings (SSSR count). The first-order valence-corrected chi connectivity index (χ1v) is 6.70. The standard InChI is InChI=1S/C15H23NO4/c1-19-10-3-8-16(9-11-20-2)12-15(18)13-4-6-14(17)7-5-13/h4-7,17H,3,8-12H2,1-2H3. The predicted octanol–water partition coefficient (Wildman–Crippen LogP) is 1.56. The van der Waals surface area contributed by atoms with Crippen molar-refractivity contribution < 1.29 is 19.4 Å². The third-order valence-corrected chi connectivity index (χ3v) is 2.99. The second kappa shape index (κ2) is 9.47. The number of hydrogen-bond donors (Lipinski definition) is 1. The molecule has 0 saturated heterocycles. The maximum absolute atomic E-state index is 12.2. The molecular weight excluding hydrogens is 258 g/mol. The number of phenolic OH excluding ortho intramolecular Hbond substituents is 1. The van der Waals surface area contributed by atoms with E-state index in [0.29, 0.717) is 31.9 Å². The van der Waals surface area contributed by atoms with Crippen molar-refractivity contribution in [3.63, 3.8) is 0 Å². The van der Waals surface area contributed by atoms with E-state index in [-0.39, 0.29) is 11.5 Å². The van der Waals surface area contributed by atoms with Gasteiger partial charge in [0.15, 0.2) is 5.78 Å². The highest BCUT2D eigenvalue weighted by molar-refractivity contribution is 5.97. The summed E-state index contributed by atoms with van der Waals surface area (Å²) in [5.41, 5.74) is 0.608. The lowest BCUT2D eigenvalue weighted by atomic mass is 10.1. The zero-order valence-electron chi connectivity index (χ0n) is 12.2. The molecule has 112 valence electrons. The van der Waals surface area contributed by atoms with Crippen LogP contribution in [0.5, 0.6) is 5.75 Å². The van der Waals surface area contributed by atoms with Crippen LogP contribution in [0, 0.1) is 0 Å². The molecule has 5 nitrogen and oxygen atoms in total. The Morgan fingerprint density at radius 3 is 2.35 bits per heavy atom. The largest absolute Gasteiger partial charge is 0.508 e. The first kappa shape index (κ1) is 16.6. The van der Waals surface area contributed by atoms with E-state index in [1.54, 1.807) is 26.4 Å². The molecule has 0 aliphatic rings. The minimum absolute atomic E-state index is 0.0403. The molecule has 0 aliphatic heterocycles. The Kier molecular flexibility index (Phi) is 7.87. The van der Waals surface area contributed by atoms with Crippen LogP contribution in [-0.4, -0.2) is 62.9 Å². The van der Waals surface area contributed by atoms with Crippen molar-refractivity contribution in [1.82, 2.24) is 4.90 Å². The van der Waals surface area contributed by atoms with E-state index < -0.39 is 0 Å². The number of carbonyl (C=O) groups excluding carboxylic acids is 1. The van der Waals surface area contributed by atoms with Crippen molar-refractivity contribution in [2.24, 2.45) is 0 Å². The molecule has 0 unspecified atom stereocenters. The van der Waals surface area contributed by atoms with Crippen molar-refractivity contribution in [2.45, 2.75) is 6.42 Å². The van der Waals surface area contributed by atoms with Gasteiger partial charge < -0.3 is 14.6 Å². The maximum atomic E-state index is 12.2. The molecule has 1 aromatic rings. The van der Waals surface area contributed by atoms with Crippen molar-refractivity contribution in [2.75, 3.05) is 47.1 Å². The molecule has 20 heavy (non-hydrogen) atoms. The Morgan fingerprint density at radius 1 is 1.10 bits per heavy atom. The van der Waals surface area contributed by atoms with Crippen molar-refractivity contribution in [1.29, 1.82) is 0 Å². The van der Waals surface area contributed by atoms with E-state index in [1.165, 1.54) is 12.1 Å². The van der Waals surface area contributed by atoms with Crippen molar-refractivity contribution >= 4 is 5.78 Å². The Bertz CT molecular complexity index is 391. The number of phenols is 1. The lowest BCUT2D eigenvalue weighted by Gasteiger charge is -2.21. The van der Waals surface area contributed by atoms with Crippen LogP contribution in [0.1, 0.15) is 16.8 Å². The summed E-state index contributed by atoms with van der Waals surface area (Å²) in [6, 6.07) is 6.33. The molecule has 0 amide bonds. The molecule has 0 aliphatic carbocycles. The summed E-state index contributed by atoms with van der Waals surface area (Å²) in [4.78, 5) is 14.2. The number of carbonyl (C=O) groups is 1. The summed E-state index contributed by atoms with van der Waals surface area (Å²) in [6.45, 7) is 3.12. The number of benzene rings is 1. The van der Waals surface area contributed by atoms with Crippen molar-refractivity contribution in [3.8, 4) is 5.75 Å². The smallest absolute Gasteiger partial charge is 0.176 e. The Morgan fingerprint density at radius 2 is 1.75 bits per heavy atom.